The van der Waals surface area contributed by atoms with Crippen LogP contribution in [0.5, 0.6) is 0 Å². The highest BCUT2D eigenvalue weighted by Gasteiger charge is 2.26. The number of pyridine rings is 1. The molecular formula is C12H11ClN4O5S2. The maximum absolute atomic E-state index is 11.8. The Morgan fingerprint density at radius 2 is 1.54 bits per heavy atom. The Bertz CT molecular complexity index is 1000. The molecule has 2 aromatic rings. The molecule has 0 spiro atoms. The normalized spacial score (nSPS) is 12.1. The second-order valence-electron chi connectivity index (χ2n) is 4.64. The van der Waals surface area contributed by atoms with Crippen LogP contribution in [0.3, 0.4) is 0 Å². The summed E-state index contributed by atoms with van der Waals surface area (Å²) in [4.78, 5) is 14.2. The van der Waals surface area contributed by atoms with Gasteiger partial charge in [-0.1, -0.05) is 17.7 Å². The molecule has 6 N–H and O–H groups in total. The van der Waals surface area contributed by atoms with Crippen LogP contribution in [0.25, 0.3) is 11.1 Å². The fourth-order valence-electron chi connectivity index (χ4n) is 2.08. The van der Waals surface area contributed by atoms with Crippen LogP contribution < -0.4 is 16.0 Å². The molecule has 12 heteroatoms. The van der Waals surface area contributed by atoms with Crippen molar-refractivity contribution in [3.8, 4) is 11.1 Å². The lowest BCUT2D eigenvalue weighted by molar-refractivity contribution is 0.100. The van der Waals surface area contributed by atoms with Crippen molar-refractivity contribution in [2.75, 3.05) is 0 Å². The first-order valence-corrected chi connectivity index (χ1v) is 9.54. The minimum atomic E-state index is -4.36. The van der Waals surface area contributed by atoms with Gasteiger partial charge in [0, 0.05) is 17.3 Å². The average Bonchev–Trinajstić information content (AvgIpc) is 2.44. The van der Waals surface area contributed by atoms with E-state index in [1.165, 1.54) is 0 Å². The van der Waals surface area contributed by atoms with Crippen molar-refractivity contribution in [3.05, 3.63) is 41.2 Å². The molecule has 0 aliphatic heterocycles. The Hall–Kier alpha value is -2.05. The lowest BCUT2D eigenvalue weighted by Crippen LogP contribution is -2.20. The van der Waals surface area contributed by atoms with Gasteiger partial charge < -0.3 is 5.73 Å². The summed E-state index contributed by atoms with van der Waals surface area (Å²) in [6.45, 7) is 0. The van der Waals surface area contributed by atoms with E-state index < -0.39 is 41.3 Å². The van der Waals surface area contributed by atoms with Crippen molar-refractivity contribution >= 4 is 37.6 Å². The SMILES string of the molecule is NC(=O)c1cnc(Cl)cc1-c1c(S(N)(=O)=O)cccc1S(N)(=O)=O. The van der Waals surface area contributed by atoms with Crippen LogP contribution in [0.15, 0.2) is 40.3 Å². The van der Waals surface area contributed by atoms with Crippen molar-refractivity contribution in [1.82, 2.24) is 4.98 Å². The van der Waals surface area contributed by atoms with Gasteiger partial charge in [-0.15, -0.1) is 0 Å². The summed E-state index contributed by atoms with van der Waals surface area (Å²) in [7, 11) is -8.71. The minimum Gasteiger partial charge on any atom is -0.366 e. The van der Waals surface area contributed by atoms with Crippen LogP contribution in [0.2, 0.25) is 5.15 Å². The van der Waals surface area contributed by atoms with Gasteiger partial charge in [-0.05, 0) is 18.2 Å². The van der Waals surface area contributed by atoms with Crippen LogP contribution >= 0.6 is 11.6 Å². The van der Waals surface area contributed by atoms with Gasteiger partial charge in [0.25, 0.3) is 5.91 Å². The summed E-state index contributed by atoms with van der Waals surface area (Å²) in [5.74, 6) is -0.973. The minimum absolute atomic E-state index is 0.125. The molecule has 9 nitrogen and oxygen atoms in total. The third-order valence-electron chi connectivity index (χ3n) is 3.01. The summed E-state index contributed by atoms with van der Waals surface area (Å²) in [5, 5.41) is 10.2. The van der Waals surface area contributed by atoms with E-state index in [4.69, 9.17) is 27.6 Å². The zero-order valence-corrected chi connectivity index (χ0v) is 14.2. The van der Waals surface area contributed by atoms with Gasteiger partial charge in [0.2, 0.25) is 20.0 Å². The molecule has 0 aliphatic rings. The van der Waals surface area contributed by atoms with Gasteiger partial charge in [-0.3, -0.25) is 4.79 Å². The molecule has 128 valence electrons. The van der Waals surface area contributed by atoms with Crippen LogP contribution in [0.4, 0.5) is 0 Å². The second-order valence-corrected chi connectivity index (χ2v) is 8.08. The van der Waals surface area contributed by atoms with Crippen molar-refractivity contribution in [2.24, 2.45) is 16.0 Å². The Labute approximate surface area is 142 Å². The molecule has 2 rings (SSSR count). The third kappa shape index (κ3) is 3.55. The van der Waals surface area contributed by atoms with Crippen LogP contribution in [-0.4, -0.2) is 27.7 Å². The van der Waals surface area contributed by atoms with E-state index in [0.717, 1.165) is 30.5 Å². The molecule has 0 saturated heterocycles. The topological polar surface area (TPSA) is 176 Å². The smallest absolute Gasteiger partial charge is 0.250 e. The van der Waals surface area contributed by atoms with Gasteiger partial charge in [0.1, 0.15) is 5.15 Å². The molecule has 0 aliphatic carbocycles. The fraction of sp³-hybridized carbons (Fsp3) is 0. The number of benzene rings is 1. The summed E-state index contributed by atoms with van der Waals surface area (Å²) in [6.07, 6.45) is 0.993. The summed E-state index contributed by atoms with van der Waals surface area (Å²) in [6, 6.07) is 4.38. The number of rotatable bonds is 4. The van der Waals surface area contributed by atoms with Crippen molar-refractivity contribution < 1.29 is 21.6 Å². The number of primary sulfonamides is 2. The molecule has 0 atom stereocenters. The van der Waals surface area contributed by atoms with Crippen LogP contribution in [0.1, 0.15) is 10.4 Å². The average molecular weight is 391 g/mol. The van der Waals surface area contributed by atoms with Gasteiger partial charge >= 0.3 is 0 Å². The predicted molar refractivity (Wildman–Crippen MR) is 85.9 cm³/mol. The summed E-state index contributed by atoms with van der Waals surface area (Å²) < 4.78 is 47.4. The standard InChI is InChI=1S/C12H11ClN4O5S2/c13-10-4-6(7(5-17-10)12(14)18)11-8(23(15,19)20)2-1-3-9(11)24(16,21)22/h1-5H,(H2,14,18)(H2,15,19,20)(H2,16,21,22). The first kappa shape index (κ1) is 18.3. The third-order valence-corrected chi connectivity index (χ3v) is 5.12. The second kappa shape index (κ2) is 6.11. The molecule has 1 aromatic carbocycles. The van der Waals surface area contributed by atoms with Crippen LogP contribution in [-0.2, 0) is 20.0 Å². The number of carbonyl (C=O) groups excluding carboxylic acids is 1. The predicted octanol–water partition coefficient (Wildman–Crippen LogP) is -0.204. The largest absolute Gasteiger partial charge is 0.366 e. The van der Waals surface area contributed by atoms with E-state index in [9.17, 15) is 21.6 Å². The molecule has 0 bridgehead atoms. The Balaban J connectivity index is 3.09. The van der Waals surface area contributed by atoms with E-state index in [1.54, 1.807) is 0 Å². The molecule has 0 fully saturated rings. The monoisotopic (exact) mass is 390 g/mol. The molecule has 0 unspecified atom stereocenters. The van der Waals surface area contributed by atoms with Crippen molar-refractivity contribution in [3.63, 3.8) is 0 Å². The van der Waals surface area contributed by atoms with E-state index in [-0.39, 0.29) is 16.3 Å². The number of primary amides is 1. The highest BCUT2D eigenvalue weighted by molar-refractivity contribution is 7.90. The number of hydrogen-bond donors (Lipinski definition) is 3. The molecule has 1 amide bonds. The maximum atomic E-state index is 11.8. The molecule has 1 aromatic heterocycles. The van der Waals surface area contributed by atoms with Gasteiger partial charge in [0.05, 0.1) is 15.4 Å². The Morgan fingerprint density at radius 3 is 1.96 bits per heavy atom. The molecule has 0 radical (unpaired) electrons. The van der Waals surface area contributed by atoms with E-state index >= 15 is 0 Å². The van der Waals surface area contributed by atoms with E-state index in [0.29, 0.717) is 0 Å². The quantitative estimate of drug-likeness (QED) is 0.608. The number of amides is 1. The van der Waals surface area contributed by atoms with Gasteiger partial charge in [0.15, 0.2) is 0 Å². The number of carbonyl (C=O) groups is 1. The fourth-order valence-corrected chi connectivity index (χ4v) is 3.85. The van der Waals surface area contributed by atoms with E-state index in [1.807, 2.05) is 0 Å². The lowest BCUT2D eigenvalue weighted by Gasteiger charge is -2.15. The number of halogens is 1. The van der Waals surface area contributed by atoms with E-state index in [2.05, 4.69) is 4.98 Å². The Morgan fingerprint density at radius 1 is 1.04 bits per heavy atom. The summed E-state index contributed by atoms with van der Waals surface area (Å²) >= 11 is 5.78. The zero-order valence-electron chi connectivity index (χ0n) is 11.8. The number of aromatic nitrogens is 1. The zero-order chi connectivity index (χ0) is 18.3. The maximum Gasteiger partial charge on any atom is 0.250 e. The molecule has 24 heavy (non-hydrogen) atoms. The lowest BCUT2D eigenvalue weighted by atomic mass is 10.0. The van der Waals surface area contributed by atoms with Crippen molar-refractivity contribution in [1.29, 1.82) is 0 Å². The number of sulfonamides is 2. The highest BCUT2D eigenvalue weighted by Crippen LogP contribution is 2.35. The Kier molecular flexibility index (Phi) is 4.65. The number of hydrogen-bond acceptors (Lipinski definition) is 6. The van der Waals surface area contributed by atoms with Gasteiger partial charge in [-0.25, -0.2) is 32.1 Å². The highest BCUT2D eigenvalue weighted by atomic mass is 35.5. The van der Waals surface area contributed by atoms with Gasteiger partial charge in [-0.2, -0.15) is 0 Å². The van der Waals surface area contributed by atoms with Crippen molar-refractivity contribution in [2.45, 2.75) is 9.79 Å². The first-order valence-electron chi connectivity index (χ1n) is 6.07. The van der Waals surface area contributed by atoms with Crippen LogP contribution in [0, 0.1) is 0 Å². The molecular weight excluding hydrogens is 380 g/mol. The first-order chi connectivity index (χ1) is 10.9. The number of nitrogens with two attached hydrogens (primary N) is 3. The number of nitrogens with zero attached hydrogens (tertiary/aromatic N) is 1. The molecule has 0 saturated carbocycles. The summed E-state index contributed by atoms with van der Waals surface area (Å²) in [5.41, 5.74) is 4.41. The molecule has 1 heterocycles.